The fourth-order valence-electron chi connectivity index (χ4n) is 2.85. The number of benzene rings is 2. The maximum atomic E-state index is 14.1. The Kier molecular flexibility index (Phi) is 5.15. The minimum absolute atomic E-state index is 0.0103. The van der Waals surface area contributed by atoms with Gasteiger partial charge in [0.05, 0.1) is 17.7 Å². The van der Waals surface area contributed by atoms with Crippen molar-refractivity contribution in [1.82, 2.24) is 4.98 Å². The molecule has 3 nitrogen and oxygen atoms in total. The van der Waals surface area contributed by atoms with Crippen molar-refractivity contribution in [2.75, 3.05) is 6.61 Å². The van der Waals surface area contributed by atoms with Crippen LogP contribution in [0.1, 0.15) is 34.1 Å². The van der Waals surface area contributed by atoms with Crippen LogP contribution in [0.2, 0.25) is 5.02 Å². The number of alkyl halides is 3. The quantitative estimate of drug-likeness (QED) is 0.448. The maximum absolute atomic E-state index is 14.1. The summed E-state index contributed by atoms with van der Waals surface area (Å²) >= 11 is 5.69. The molecule has 8 heteroatoms. The van der Waals surface area contributed by atoms with E-state index in [0.717, 1.165) is 12.1 Å². The van der Waals surface area contributed by atoms with E-state index in [4.69, 9.17) is 16.3 Å². The molecule has 1 aromatic heterocycles. The third-order valence-electron chi connectivity index (χ3n) is 4.02. The molecule has 2 aromatic carbocycles. The first-order valence-corrected chi connectivity index (χ1v) is 8.40. The number of halogens is 5. The summed E-state index contributed by atoms with van der Waals surface area (Å²) < 4.78 is 58.6. The fourth-order valence-corrected chi connectivity index (χ4v) is 3.02. The first kappa shape index (κ1) is 19.2. The molecule has 0 aliphatic rings. The minimum atomic E-state index is -4.55. The lowest BCUT2D eigenvalue weighted by molar-refractivity contribution is -0.138. The summed E-state index contributed by atoms with van der Waals surface area (Å²) in [7, 11) is 0. The standard InChI is InChI=1S/C19H14ClF4NO2/c1-2-27-18(26)14-7-11-6-13(25-17(11)9-16(14)21)5-10-3-4-12(20)8-15(10)19(22,23)24/h3-4,6-9,25H,2,5H2,1H3. The van der Waals surface area contributed by atoms with Gasteiger partial charge in [0.25, 0.3) is 0 Å². The number of carbonyl (C=O) groups excluding carboxylic acids is 1. The molecule has 3 rings (SSSR count). The topological polar surface area (TPSA) is 42.1 Å². The molecule has 0 atom stereocenters. The largest absolute Gasteiger partial charge is 0.462 e. The van der Waals surface area contributed by atoms with Gasteiger partial charge in [-0.25, -0.2) is 9.18 Å². The minimum Gasteiger partial charge on any atom is -0.462 e. The lowest BCUT2D eigenvalue weighted by atomic mass is 10.0. The van der Waals surface area contributed by atoms with Gasteiger partial charge in [0.1, 0.15) is 5.82 Å². The molecule has 0 unspecified atom stereocenters. The molecule has 0 bridgehead atoms. The first-order chi connectivity index (χ1) is 12.7. The molecular formula is C19H14ClF4NO2. The van der Waals surface area contributed by atoms with Crippen molar-refractivity contribution in [1.29, 1.82) is 0 Å². The zero-order valence-corrected chi connectivity index (χ0v) is 14.8. The predicted molar refractivity (Wildman–Crippen MR) is 93.5 cm³/mol. The summed E-state index contributed by atoms with van der Waals surface area (Å²) in [5, 5.41) is 0.487. The van der Waals surface area contributed by atoms with Crippen LogP contribution in [0.5, 0.6) is 0 Å². The Morgan fingerprint density at radius 3 is 2.59 bits per heavy atom. The van der Waals surface area contributed by atoms with Crippen LogP contribution in [0.4, 0.5) is 17.6 Å². The van der Waals surface area contributed by atoms with E-state index in [9.17, 15) is 22.4 Å². The molecular weight excluding hydrogens is 386 g/mol. The Labute approximate surface area is 156 Å². The second-order valence-corrected chi connectivity index (χ2v) is 6.35. The van der Waals surface area contributed by atoms with Crippen molar-refractivity contribution >= 4 is 28.5 Å². The molecule has 0 aliphatic heterocycles. The van der Waals surface area contributed by atoms with E-state index in [1.165, 1.54) is 18.2 Å². The number of rotatable bonds is 4. The molecule has 142 valence electrons. The van der Waals surface area contributed by atoms with Crippen LogP contribution in [0, 0.1) is 5.82 Å². The predicted octanol–water partition coefficient (Wildman–Crippen LogP) is 5.75. The van der Waals surface area contributed by atoms with Gasteiger partial charge in [0.2, 0.25) is 0 Å². The van der Waals surface area contributed by atoms with E-state index >= 15 is 0 Å². The molecule has 0 spiro atoms. The molecule has 0 radical (unpaired) electrons. The summed E-state index contributed by atoms with van der Waals surface area (Å²) in [6, 6.07) is 7.58. The van der Waals surface area contributed by atoms with Gasteiger partial charge < -0.3 is 9.72 Å². The lowest BCUT2D eigenvalue weighted by Crippen LogP contribution is -2.09. The average molecular weight is 400 g/mol. The van der Waals surface area contributed by atoms with Gasteiger partial charge in [0, 0.05) is 28.0 Å². The van der Waals surface area contributed by atoms with Gasteiger partial charge in [0.15, 0.2) is 0 Å². The Balaban J connectivity index is 1.99. The van der Waals surface area contributed by atoms with Gasteiger partial charge in [-0.2, -0.15) is 13.2 Å². The van der Waals surface area contributed by atoms with Crippen molar-refractivity contribution in [2.24, 2.45) is 0 Å². The van der Waals surface area contributed by atoms with Crippen molar-refractivity contribution in [2.45, 2.75) is 19.5 Å². The van der Waals surface area contributed by atoms with Crippen molar-refractivity contribution < 1.29 is 27.1 Å². The van der Waals surface area contributed by atoms with E-state index in [1.807, 2.05) is 0 Å². The normalized spacial score (nSPS) is 11.8. The number of hydrogen-bond acceptors (Lipinski definition) is 2. The number of esters is 1. The zero-order chi connectivity index (χ0) is 19.8. The number of ether oxygens (including phenoxy) is 1. The number of hydrogen-bond donors (Lipinski definition) is 1. The summed E-state index contributed by atoms with van der Waals surface area (Å²) in [5.41, 5.74) is -0.203. The van der Waals surface area contributed by atoms with Gasteiger partial charge >= 0.3 is 12.1 Å². The average Bonchev–Trinajstić information content (AvgIpc) is 2.96. The first-order valence-electron chi connectivity index (χ1n) is 8.03. The molecule has 1 N–H and O–H groups in total. The van der Waals surface area contributed by atoms with E-state index in [-0.39, 0.29) is 29.2 Å². The van der Waals surface area contributed by atoms with Crippen LogP contribution in [0.25, 0.3) is 10.9 Å². The van der Waals surface area contributed by atoms with Crippen molar-refractivity contribution in [3.05, 3.63) is 69.6 Å². The Hall–Kier alpha value is -2.54. The number of fused-ring (bicyclic) bond motifs is 1. The Morgan fingerprint density at radius 2 is 1.93 bits per heavy atom. The van der Waals surface area contributed by atoms with Crippen LogP contribution in [-0.4, -0.2) is 17.6 Å². The van der Waals surface area contributed by atoms with Crippen LogP contribution in [-0.2, 0) is 17.3 Å². The smallest absolute Gasteiger partial charge is 0.416 e. The van der Waals surface area contributed by atoms with Crippen molar-refractivity contribution in [3.63, 3.8) is 0 Å². The maximum Gasteiger partial charge on any atom is 0.416 e. The van der Waals surface area contributed by atoms with Crippen LogP contribution < -0.4 is 0 Å². The van der Waals surface area contributed by atoms with Gasteiger partial charge in [-0.05, 0) is 42.8 Å². The van der Waals surface area contributed by atoms with Crippen LogP contribution in [0.15, 0.2) is 36.4 Å². The zero-order valence-electron chi connectivity index (χ0n) is 14.1. The SMILES string of the molecule is CCOC(=O)c1cc2cc(Cc3ccc(Cl)cc3C(F)(F)F)[nH]c2cc1F. The molecule has 27 heavy (non-hydrogen) atoms. The highest BCUT2D eigenvalue weighted by atomic mass is 35.5. The Bertz CT molecular complexity index is 1010. The van der Waals surface area contributed by atoms with Gasteiger partial charge in [-0.1, -0.05) is 17.7 Å². The van der Waals surface area contributed by atoms with E-state index in [0.29, 0.717) is 16.6 Å². The number of aromatic amines is 1. The van der Waals surface area contributed by atoms with E-state index < -0.39 is 23.5 Å². The second kappa shape index (κ2) is 7.23. The number of aromatic nitrogens is 1. The van der Waals surface area contributed by atoms with Gasteiger partial charge in [-0.15, -0.1) is 0 Å². The molecule has 3 aromatic rings. The second-order valence-electron chi connectivity index (χ2n) is 5.91. The number of H-pyrrole nitrogens is 1. The van der Waals surface area contributed by atoms with E-state index in [1.54, 1.807) is 13.0 Å². The lowest BCUT2D eigenvalue weighted by Gasteiger charge is -2.12. The molecule has 0 amide bonds. The third kappa shape index (κ3) is 4.08. The van der Waals surface area contributed by atoms with Crippen molar-refractivity contribution in [3.8, 4) is 0 Å². The Morgan fingerprint density at radius 1 is 1.19 bits per heavy atom. The van der Waals surface area contributed by atoms with Crippen LogP contribution in [0.3, 0.4) is 0 Å². The highest BCUT2D eigenvalue weighted by Crippen LogP contribution is 2.35. The number of carbonyl (C=O) groups is 1. The molecule has 0 aliphatic carbocycles. The molecule has 1 heterocycles. The summed E-state index contributed by atoms with van der Waals surface area (Å²) in [4.78, 5) is 14.7. The number of nitrogens with one attached hydrogen (secondary N) is 1. The van der Waals surface area contributed by atoms with E-state index in [2.05, 4.69) is 4.98 Å². The highest BCUT2D eigenvalue weighted by Gasteiger charge is 2.33. The van der Waals surface area contributed by atoms with Crippen LogP contribution >= 0.6 is 11.6 Å². The molecule has 0 saturated heterocycles. The summed E-state index contributed by atoms with van der Waals surface area (Å²) in [6.07, 6.45) is -4.60. The summed E-state index contributed by atoms with van der Waals surface area (Å²) in [5.74, 6) is -1.56. The third-order valence-corrected chi connectivity index (χ3v) is 4.25. The molecule has 0 saturated carbocycles. The molecule has 0 fully saturated rings. The fraction of sp³-hybridized carbons (Fsp3) is 0.211. The highest BCUT2D eigenvalue weighted by molar-refractivity contribution is 6.30. The monoisotopic (exact) mass is 399 g/mol. The summed E-state index contributed by atoms with van der Waals surface area (Å²) in [6.45, 7) is 1.71. The van der Waals surface area contributed by atoms with Gasteiger partial charge in [-0.3, -0.25) is 0 Å².